The topological polar surface area (TPSA) is 133 Å². The number of carbonyl (C=O) groups excluding carboxylic acids is 4. The van der Waals surface area contributed by atoms with Crippen molar-refractivity contribution in [2.24, 2.45) is 0 Å². The Kier molecular flexibility index (Phi) is 9.88. The third kappa shape index (κ3) is 7.32. The van der Waals surface area contributed by atoms with E-state index < -0.39 is 54.4 Å². The van der Waals surface area contributed by atoms with Gasteiger partial charge in [-0.2, -0.15) is 0 Å². The number of rotatable bonds is 9. The maximum atomic E-state index is 12.1. The molecule has 0 N–H and O–H groups in total. The van der Waals surface area contributed by atoms with Gasteiger partial charge in [-0.3, -0.25) is 19.2 Å². The molecule has 1 saturated heterocycles. The highest BCUT2D eigenvalue weighted by Crippen LogP contribution is 2.44. The Labute approximate surface area is 203 Å². The molecule has 194 valence electrons. The summed E-state index contributed by atoms with van der Waals surface area (Å²) in [5, 5.41) is 0. The standard InChI is InChI=1S/C24H32O11/c1-8-30-20-17(9-12(2)10-18(20)29-7)21-23(33-15(5)27)24(34-16(6)28)22(32-14(4)26)19(35-21)11-31-13(3)25/h9-10,19,21-24H,8,11H2,1-7H3/t19-,21+,22-,23+,24+/m1/s1. The molecule has 0 amide bonds. The molecule has 0 aliphatic carbocycles. The van der Waals surface area contributed by atoms with E-state index in [9.17, 15) is 19.2 Å². The zero-order valence-electron chi connectivity index (χ0n) is 20.9. The van der Waals surface area contributed by atoms with Crippen LogP contribution in [0.2, 0.25) is 0 Å². The molecule has 0 spiro atoms. The number of carbonyl (C=O) groups is 4. The van der Waals surface area contributed by atoms with Gasteiger partial charge in [0.2, 0.25) is 0 Å². The second-order valence-electron chi connectivity index (χ2n) is 7.94. The largest absolute Gasteiger partial charge is 0.493 e. The molecule has 1 aliphatic rings. The Morgan fingerprint density at radius 2 is 1.43 bits per heavy atom. The van der Waals surface area contributed by atoms with Crippen LogP contribution in [0, 0.1) is 6.92 Å². The maximum Gasteiger partial charge on any atom is 0.303 e. The zero-order chi connectivity index (χ0) is 26.3. The monoisotopic (exact) mass is 496 g/mol. The van der Waals surface area contributed by atoms with Gasteiger partial charge in [-0.25, -0.2) is 0 Å². The summed E-state index contributed by atoms with van der Waals surface area (Å²) in [6.07, 6.45) is -5.88. The van der Waals surface area contributed by atoms with Crippen LogP contribution < -0.4 is 9.47 Å². The minimum atomic E-state index is -1.28. The van der Waals surface area contributed by atoms with Crippen molar-refractivity contribution < 1.29 is 52.3 Å². The Morgan fingerprint density at radius 1 is 0.857 bits per heavy atom. The lowest BCUT2D eigenvalue weighted by atomic mass is 9.89. The van der Waals surface area contributed by atoms with E-state index in [1.807, 2.05) is 6.92 Å². The molecule has 2 rings (SSSR count). The normalized spacial score (nSPS) is 23.6. The van der Waals surface area contributed by atoms with Crippen LogP contribution in [-0.2, 0) is 42.9 Å². The first-order chi connectivity index (χ1) is 16.5. The fraction of sp³-hybridized carbons (Fsp3) is 0.583. The molecular weight excluding hydrogens is 464 g/mol. The van der Waals surface area contributed by atoms with Gasteiger partial charge in [0.25, 0.3) is 0 Å². The third-order valence-electron chi connectivity index (χ3n) is 5.03. The molecular formula is C24H32O11. The lowest BCUT2D eigenvalue weighted by molar-refractivity contribution is -0.254. The van der Waals surface area contributed by atoms with Crippen LogP contribution in [0.25, 0.3) is 0 Å². The van der Waals surface area contributed by atoms with Crippen molar-refractivity contribution >= 4 is 23.9 Å². The minimum absolute atomic E-state index is 0.289. The quantitative estimate of drug-likeness (QED) is 0.368. The Morgan fingerprint density at radius 3 is 1.94 bits per heavy atom. The van der Waals surface area contributed by atoms with Crippen LogP contribution in [0.1, 0.15) is 51.8 Å². The first-order valence-electron chi connectivity index (χ1n) is 11.1. The van der Waals surface area contributed by atoms with Crippen LogP contribution in [0.3, 0.4) is 0 Å². The van der Waals surface area contributed by atoms with E-state index >= 15 is 0 Å². The predicted octanol–water partition coefficient (Wildman–Crippen LogP) is 2.20. The Bertz CT molecular complexity index is 942. The van der Waals surface area contributed by atoms with Crippen molar-refractivity contribution in [1.82, 2.24) is 0 Å². The van der Waals surface area contributed by atoms with E-state index in [0.29, 0.717) is 17.1 Å². The van der Waals surface area contributed by atoms with E-state index in [1.165, 1.54) is 34.8 Å². The molecule has 0 radical (unpaired) electrons. The molecule has 1 heterocycles. The molecule has 11 heteroatoms. The molecule has 0 unspecified atom stereocenters. The molecule has 0 bridgehead atoms. The summed E-state index contributed by atoms with van der Waals surface area (Å²) < 4.78 is 39.2. The Balaban J connectivity index is 2.72. The average Bonchev–Trinajstić information content (AvgIpc) is 2.75. The summed E-state index contributed by atoms with van der Waals surface area (Å²) in [5.74, 6) is -1.93. The number of aryl methyl sites for hydroxylation is 1. The Hall–Kier alpha value is -3.34. The minimum Gasteiger partial charge on any atom is -0.493 e. The van der Waals surface area contributed by atoms with Crippen LogP contribution >= 0.6 is 0 Å². The summed E-state index contributed by atoms with van der Waals surface area (Å²) in [6.45, 7) is 8.32. The first-order valence-corrected chi connectivity index (χ1v) is 11.1. The number of hydrogen-bond acceptors (Lipinski definition) is 11. The molecule has 1 fully saturated rings. The highest BCUT2D eigenvalue weighted by molar-refractivity contribution is 5.69. The predicted molar refractivity (Wildman–Crippen MR) is 120 cm³/mol. The fourth-order valence-electron chi connectivity index (χ4n) is 3.91. The smallest absolute Gasteiger partial charge is 0.303 e. The van der Waals surface area contributed by atoms with Gasteiger partial charge in [0.1, 0.15) is 18.8 Å². The van der Waals surface area contributed by atoms with Crippen molar-refractivity contribution in [3.63, 3.8) is 0 Å². The molecule has 0 aromatic heterocycles. The maximum absolute atomic E-state index is 12.1. The van der Waals surface area contributed by atoms with Gasteiger partial charge in [0, 0.05) is 33.3 Å². The summed E-state index contributed by atoms with van der Waals surface area (Å²) in [6, 6.07) is 3.52. The second kappa shape index (κ2) is 12.4. The number of esters is 4. The van der Waals surface area contributed by atoms with Gasteiger partial charge in [-0.05, 0) is 31.5 Å². The summed E-state index contributed by atoms with van der Waals surface area (Å²) >= 11 is 0. The van der Waals surface area contributed by atoms with Gasteiger partial charge >= 0.3 is 23.9 Å². The van der Waals surface area contributed by atoms with E-state index in [0.717, 1.165) is 5.56 Å². The lowest BCUT2D eigenvalue weighted by Crippen LogP contribution is -2.59. The molecule has 1 aromatic rings. The zero-order valence-corrected chi connectivity index (χ0v) is 20.9. The average molecular weight is 497 g/mol. The number of methoxy groups -OCH3 is 1. The van der Waals surface area contributed by atoms with Crippen molar-refractivity contribution in [1.29, 1.82) is 0 Å². The summed E-state index contributed by atoms with van der Waals surface area (Å²) in [4.78, 5) is 47.6. The number of ether oxygens (including phenoxy) is 7. The number of benzene rings is 1. The van der Waals surface area contributed by atoms with Gasteiger partial charge in [0.15, 0.2) is 29.8 Å². The van der Waals surface area contributed by atoms with Crippen LogP contribution in [0.5, 0.6) is 11.5 Å². The van der Waals surface area contributed by atoms with Gasteiger partial charge in [-0.1, -0.05) is 0 Å². The van der Waals surface area contributed by atoms with Crippen molar-refractivity contribution in [2.45, 2.75) is 72.1 Å². The molecule has 35 heavy (non-hydrogen) atoms. The lowest BCUT2D eigenvalue weighted by Gasteiger charge is -2.45. The second-order valence-corrected chi connectivity index (χ2v) is 7.94. The molecule has 5 atom stereocenters. The van der Waals surface area contributed by atoms with Gasteiger partial charge in [-0.15, -0.1) is 0 Å². The summed E-state index contributed by atoms with van der Waals surface area (Å²) in [7, 11) is 1.48. The molecule has 1 aliphatic heterocycles. The van der Waals surface area contributed by atoms with E-state index in [-0.39, 0.29) is 13.2 Å². The highest BCUT2D eigenvalue weighted by atomic mass is 16.7. The third-order valence-corrected chi connectivity index (χ3v) is 5.03. The fourth-order valence-corrected chi connectivity index (χ4v) is 3.91. The number of hydrogen-bond donors (Lipinski definition) is 0. The molecule has 0 saturated carbocycles. The summed E-state index contributed by atoms with van der Waals surface area (Å²) in [5.41, 5.74) is 1.23. The van der Waals surface area contributed by atoms with Gasteiger partial charge < -0.3 is 33.2 Å². The SMILES string of the molecule is CCOc1c(OC)cc(C)cc1[C@@H]1O[C@H](COC(C)=O)[C@@H](OC(C)=O)[C@H](OC(C)=O)[C@H]1OC(C)=O. The van der Waals surface area contributed by atoms with Gasteiger partial charge in [0.05, 0.1) is 13.7 Å². The first kappa shape index (κ1) is 27.9. The van der Waals surface area contributed by atoms with Crippen LogP contribution in [-0.4, -0.2) is 68.6 Å². The molecule has 1 aromatic carbocycles. The van der Waals surface area contributed by atoms with Crippen molar-refractivity contribution in [2.75, 3.05) is 20.3 Å². The van der Waals surface area contributed by atoms with E-state index in [1.54, 1.807) is 19.1 Å². The van der Waals surface area contributed by atoms with Crippen molar-refractivity contribution in [3.8, 4) is 11.5 Å². The van der Waals surface area contributed by atoms with Crippen molar-refractivity contribution in [3.05, 3.63) is 23.3 Å². The van der Waals surface area contributed by atoms with Crippen LogP contribution in [0.4, 0.5) is 0 Å². The van der Waals surface area contributed by atoms with E-state index in [4.69, 9.17) is 33.2 Å². The van der Waals surface area contributed by atoms with E-state index in [2.05, 4.69) is 0 Å². The highest BCUT2D eigenvalue weighted by Gasteiger charge is 2.53. The molecule has 11 nitrogen and oxygen atoms in total. The van der Waals surface area contributed by atoms with Crippen LogP contribution in [0.15, 0.2) is 12.1 Å².